The van der Waals surface area contributed by atoms with E-state index in [1.165, 1.54) is 34.3 Å². The van der Waals surface area contributed by atoms with Crippen molar-refractivity contribution >= 4 is 22.4 Å². The van der Waals surface area contributed by atoms with Gasteiger partial charge in [0.1, 0.15) is 0 Å². The minimum absolute atomic E-state index is 0.145. The molecule has 0 aromatic rings. The van der Waals surface area contributed by atoms with Crippen molar-refractivity contribution in [1.82, 2.24) is 9.21 Å². The van der Waals surface area contributed by atoms with Gasteiger partial charge in [-0.05, 0) is 0 Å². The molecule has 3 rings (SSSR count). The molecule has 2 saturated heterocycles. The number of fused-ring (bicyclic) bond motifs is 3. The van der Waals surface area contributed by atoms with Crippen LogP contribution in [0.3, 0.4) is 0 Å². The van der Waals surface area contributed by atoms with Crippen LogP contribution in [0.2, 0.25) is 0 Å². The first-order chi connectivity index (χ1) is 14.4. The van der Waals surface area contributed by atoms with Gasteiger partial charge in [0.2, 0.25) is 0 Å². The number of rotatable bonds is 12. The van der Waals surface area contributed by atoms with Gasteiger partial charge in [0.15, 0.2) is 0 Å². The van der Waals surface area contributed by atoms with E-state index < -0.39 is 22.4 Å². The van der Waals surface area contributed by atoms with Gasteiger partial charge in [0, 0.05) is 0 Å². The molecule has 3 aliphatic rings. The summed E-state index contributed by atoms with van der Waals surface area (Å²) in [5.41, 5.74) is 0. The molecule has 0 aromatic heterocycles. The van der Waals surface area contributed by atoms with E-state index in [4.69, 9.17) is 41.3 Å². The molecule has 3 aliphatic heterocycles. The molecule has 0 unspecified atom stereocenters. The van der Waals surface area contributed by atoms with Crippen molar-refractivity contribution < 1.29 is 36.8 Å². The van der Waals surface area contributed by atoms with Crippen LogP contribution in [0.5, 0.6) is 0 Å². The molecule has 168 valence electrons. The van der Waals surface area contributed by atoms with E-state index in [9.17, 15) is 0 Å². The fraction of sp³-hybridized carbons (Fsp3) is 0.250. The Morgan fingerprint density at radius 3 is 1.77 bits per heavy atom. The first-order valence-electron chi connectivity index (χ1n) is 8.73. The minimum atomic E-state index is -4.46. The fourth-order valence-corrected chi connectivity index (χ4v) is 20.1. The molecule has 14 heteroatoms. The molecule has 2 fully saturated rings. The van der Waals surface area contributed by atoms with Crippen LogP contribution in [-0.4, -0.2) is 34.7 Å². The average molecular weight is 481 g/mol. The zero-order chi connectivity index (χ0) is 22.0. The first kappa shape index (κ1) is 22.8. The predicted molar refractivity (Wildman–Crippen MR) is 116 cm³/mol. The van der Waals surface area contributed by atoms with E-state index in [-0.39, 0.29) is 25.5 Å². The molecule has 11 nitrogen and oxygen atoms in total. The van der Waals surface area contributed by atoms with Crippen LogP contribution in [-0.2, 0) is 36.8 Å². The second-order valence-corrected chi connectivity index (χ2v) is 16.0. The van der Waals surface area contributed by atoms with E-state index in [0.29, 0.717) is 0 Å². The molecule has 0 aliphatic carbocycles. The Morgan fingerprint density at radius 2 is 1.27 bits per heavy atom. The Labute approximate surface area is 176 Å². The summed E-state index contributed by atoms with van der Waals surface area (Å²) in [5, 5.41) is 0. The van der Waals surface area contributed by atoms with Crippen LogP contribution >= 0.6 is 22.4 Å². The predicted octanol–water partition coefficient (Wildman–Crippen LogP) is 5.83. The zero-order valence-electron chi connectivity index (χ0n) is 16.5. The summed E-state index contributed by atoms with van der Waals surface area (Å²) in [6.45, 7) is 22.4. The SMILES string of the molecule is C=COP1(OC=C)=NP2(OC=C)(OC=C)CCON2P2(OC=C)(OC=C)CCON12. The Hall–Kier alpha value is -1.83. The molecular formula is C16H26N3O8P3. The van der Waals surface area contributed by atoms with Crippen LogP contribution in [0.4, 0.5) is 0 Å². The Balaban J connectivity index is 2.54. The maximum absolute atomic E-state index is 6.17. The van der Waals surface area contributed by atoms with Gasteiger partial charge >= 0.3 is 176 Å². The van der Waals surface area contributed by atoms with E-state index >= 15 is 0 Å². The van der Waals surface area contributed by atoms with E-state index in [1.54, 1.807) is 0 Å². The normalized spacial score (nSPS) is 29.1. The van der Waals surface area contributed by atoms with Gasteiger partial charge < -0.3 is 0 Å². The zero-order valence-corrected chi connectivity index (χ0v) is 19.2. The maximum atomic E-state index is 6.17. The van der Waals surface area contributed by atoms with E-state index in [0.717, 1.165) is 12.5 Å². The quantitative estimate of drug-likeness (QED) is 0.250. The number of hydrogen-bond donors (Lipinski definition) is 0. The summed E-state index contributed by atoms with van der Waals surface area (Å²) in [7, 11) is -12.5. The summed E-state index contributed by atoms with van der Waals surface area (Å²) >= 11 is 0. The van der Waals surface area contributed by atoms with Crippen molar-refractivity contribution in [1.29, 1.82) is 0 Å². The summed E-state index contributed by atoms with van der Waals surface area (Å²) in [4.78, 5) is 12.0. The Kier molecular flexibility index (Phi) is 5.86. The average Bonchev–Trinajstić information content (AvgIpc) is 3.25. The molecule has 0 N–H and O–H groups in total. The second kappa shape index (κ2) is 7.70. The van der Waals surface area contributed by atoms with Crippen molar-refractivity contribution in [3.63, 3.8) is 0 Å². The van der Waals surface area contributed by atoms with E-state index in [1.807, 2.05) is 0 Å². The third-order valence-corrected chi connectivity index (χ3v) is 18.6. The van der Waals surface area contributed by atoms with Crippen LogP contribution in [0, 0.1) is 0 Å². The third kappa shape index (κ3) is 2.65. The van der Waals surface area contributed by atoms with Crippen LogP contribution in [0.15, 0.2) is 81.6 Å². The third-order valence-electron chi connectivity index (χ3n) is 4.45. The molecule has 0 saturated carbocycles. The van der Waals surface area contributed by atoms with Gasteiger partial charge in [-0.15, -0.1) is 0 Å². The van der Waals surface area contributed by atoms with Crippen LogP contribution in [0.1, 0.15) is 0 Å². The molecule has 30 heavy (non-hydrogen) atoms. The number of nitrogens with zero attached hydrogens (tertiary/aromatic N) is 3. The van der Waals surface area contributed by atoms with Crippen molar-refractivity contribution in [2.45, 2.75) is 0 Å². The molecule has 0 amide bonds. The van der Waals surface area contributed by atoms with Gasteiger partial charge in [0.25, 0.3) is 0 Å². The summed E-state index contributed by atoms with van der Waals surface area (Å²) in [6, 6.07) is 0. The summed E-state index contributed by atoms with van der Waals surface area (Å²) < 4.78 is 43.8. The van der Waals surface area contributed by atoms with Crippen LogP contribution < -0.4 is 0 Å². The van der Waals surface area contributed by atoms with Crippen molar-refractivity contribution in [3.05, 3.63) is 77.0 Å². The van der Waals surface area contributed by atoms with E-state index in [2.05, 4.69) is 39.5 Å². The first-order valence-corrected chi connectivity index (χ1v) is 14.6. The standard InChI is InChI=1S/C16H26N3O8P3/c1-7-22-28(23-8-2)17-29(24-9-3,25-10-4)15-13-21-19(29)30(26-11-5,27-12-6)16-14-20-18(28)30/h7-12H,1-6,13-16H2. The van der Waals surface area contributed by atoms with Gasteiger partial charge in [-0.3, -0.25) is 0 Å². The molecule has 0 bridgehead atoms. The Bertz CT molecular complexity index is 816. The number of hydrogen-bond acceptors (Lipinski definition) is 11. The monoisotopic (exact) mass is 481 g/mol. The second-order valence-electron chi connectivity index (χ2n) is 5.89. The summed E-state index contributed by atoms with van der Waals surface area (Å²) in [5.74, 6) is 0. The molecule has 0 radical (unpaired) electrons. The van der Waals surface area contributed by atoms with Crippen LogP contribution in [0.25, 0.3) is 0 Å². The van der Waals surface area contributed by atoms with Crippen molar-refractivity contribution in [2.24, 2.45) is 4.52 Å². The molecule has 0 atom stereocenters. The van der Waals surface area contributed by atoms with Gasteiger partial charge in [-0.25, -0.2) is 0 Å². The van der Waals surface area contributed by atoms with Gasteiger partial charge in [-0.2, -0.15) is 0 Å². The molecule has 0 aromatic carbocycles. The van der Waals surface area contributed by atoms with Gasteiger partial charge in [0.05, 0.1) is 0 Å². The van der Waals surface area contributed by atoms with Crippen molar-refractivity contribution in [2.75, 3.05) is 25.5 Å². The fourth-order valence-electron chi connectivity index (χ4n) is 3.69. The molecule has 3 heterocycles. The Morgan fingerprint density at radius 1 is 0.733 bits per heavy atom. The van der Waals surface area contributed by atoms with Crippen molar-refractivity contribution in [3.8, 4) is 0 Å². The van der Waals surface area contributed by atoms with Gasteiger partial charge in [-0.1, -0.05) is 0 Å². The topological polar surface area (TPSA) is 92.7 Å². The molecular weight excluding hydrogens is 455 g/mol. The molecule has 0 spiro atoms. The summed E-state index contributed by atoms with van der Waals surface area (Å²) in [6.07, 6.45) is 7.48.